The highest BCUT2D eigenvalue weighted by Gasteiger charge is 2.30. The summed E-state index contributed by atoms with van der Waals surface area (Å²) in [5, 5.41) is 11.5. The molecule has 4 N–H and O–H groups in total. The standard InChI is InChI=1S/C16H21F3N2O3/c1-9(2)7-12(20)14(22)21-13(15(23)24)8-10-3-5-11(6-4-10)16(17,18)19/h3-6,9,12-13H,7-8,20H2,1-2H3,(H,21,22)(H,23,24)/t12?,13-/m0/s1. The summed E-state index contributed by atoms with van der Waals surface area (Å²) in [5.74, 6) is -1.70. The van der Waals surface area contributed by atoms with Crippen molar-refractivity contribution in [3.8, 4) is 0 Å². The first-order chi connectivity index (χ1) is 11.0. The largest absolute Gasteiger partial charge is 0.480 e. The third-order valence-electron chi connectivity index (χ3n) is 3.40. The Morgan fingerprint density at radius 2 is 1.75 bits per heavy atom. The van der Waals surface area contributed by atoms with Crippen molar-refractivity contribution >= 4 is 11.9 Å². The van der Waals surface area contributed by atoms with Crippen molar-refractivity contribution in [3.63, 3.8) is 0 Å². The molecule has 0 heterocycles. The Balaban J connectivity index is 2.76. The van der Waals surface area contributed by atoms with Gasteiger partial charge < -0.3 is 16.2 Å². The zero-order chi connectivity index (χ0) is 18.5. The molecule has 1 amide bonds. The average Bonchev–Trinajstić information content (AvgIpc) is 2.45. The Kier molecular flexibility index (Phi) is 6.77. The minimum absolute atomic E-state index is 0.131. The highest BCUT2D eigenvalue weighted by Crippen LogP contribution is 2.29. The van der Waals surface area contributed by atoms with Gasteiger partial charge in [-0.05, 0) is 30.0 Å². The van der Waals surface area contributed by atoms with Gasteiger partial charge in [-0.3, -0.25) is 4.79 Å². The van der Waals surface area contributed by atoms with Crippen LogP contribution < -0.4 is 11.1 Å². The van der Waals surface area contributed by atoms with Gasteiger partial charge in [-0.15, -0.1) is 0 Å². The van der Waals surface area contributed by atoms with Crippen molar-refractivity contribution in [3.05, 3.63) is 35.4 Å². The molecule has 2 atom stereocenters. The Hall–Kier alpha value is -2.09. The number of nitrogens with one attached hydrogen (secondary N) is 1. The van der Waals surface area contributed by atoms with E-state index in [-0.39, 0.29) is 12.3 Å². The summed E-state index contributed by atoms with van der Waals surface area (Å²) in [7, 11) is 0. The lowest BCUT2D eigenvalue weighted by atomic mass is 10.0. The van der Waals surface area contributed by atoms with Crippen LogP contribution in [0.3, 0.4) is 0 Å². The predicted octanol–water partition coefficient (Wildman–Crippen LogP) is 2.19. The third-order valence-corrected chi connectivity index (χ3v) is 3.40. The molecule has 5 nitrogen and oxygen atoms in total. The van der Waals surface area contributed by atoms with Crippen molar-refractivity contribution in [1.29, 1.82) is 0 Å². The lowest BCUT2D eigenvalue weighted by Gasteiger charge is -2.19. The van der Waals surface area contributed by atoms with Gasteiger partial charge in [-0.25, -0.2) is 4.79 Å². The Morgan fingerprint density at radius 3 is 2.17 bits per heavy atom. The lowest BCUT2D eigenvalue weighted by molar-refractivity contribution is -0.142. The molecule has 0 aliphatic heterocycles. The molecule has 1 aromatic rings. The van der Waals surface area contributed by atoms with Gasteiger partial charge in [-0.2, -0.15) is 13.2 Å². The molecule has 8 heteroatoms. The zero-order valence-electron chi connectivity index (χ0n) is 13.4. The number of hydrogen-bond donors (Lipinski definition) is 3. The molecule has 1 aromatic carbocycles. The summed E-state index contributed by atoms with van der Waals surface area (Å²) in [6, 6.07) is 2.05. The first kappa shape index (κ1) is 20.0. The number of amides is 1. The lowest BCUT2D eigenvalue weighted by Crippen LogP contribution is -2.49. The summed E-state index contributed by atoms with van der Waals surface area (Å²) in [6.07, 6.45) is -4.19. The summed E-state index contributed by atoms with van der Waals surface area (Å²) in [5.41, 5.74) is 5.25. The number of carboxylic acid groups (broad SMARTS) is 1. The Labute approximate surface area is 138 Å². The fourth-order valence-electron chi connectivity index (χ4n) is 2.16. The van der Waals surface area contributed by atoms with Gasteiger partial charge in [0.05, 0.1) is 11.6 Å². The highest BCUT2D eigenvalue weighted by atomic mass is 19.4. The maximum absolute atomic E-state index is 12.5. The van der Waals surface area contributed by atoms with Crippen molar-refractivity contribution in [2.75, 3.05) is 0 Å². The van der Waals surface area contributed by atoms with Crippen LogP contribution in [0, 0.1) is 5.92 Å². The van der Waals surface area contributed by atoms with E-state index in [0.717, 1.165) is 12.1 Å². The van der Waals surface area contributed by atoms with Gasteiger partial charge in [0.15, 0.2) is 0 Å². The normalized spacial score (nSPS) is 14.3. The SMILES string of the molecule is CC(C)CC(N)C(=O)N[C@@H](Cc1ccc(C(F)(F)F)cc1)C(=O)O. The number of carbonyl (C=O) groups excluding carboxylic acids is 1. The van der Waals surface area contributed by atoms with Crippen LogP contribution in [0.4, 0.5) is 13.2 Å². The van der Waals surface area contributed by atoms with Gasteiger partial charge in [-0.1, -0.05) is 26.0 Å². The van der Waals surface area contributed by atoms with Crippen LogP contribution in [0.5, 0.6) is 0 Å². The summed E-state index contributed by atoms with van der Waals surface area (Å²) < 4.78 is 37.5. The predicted molar refractivity (Wildman–Crippen MR) is 82.1 cm³/mol. The zero-order valence-corrected chi connectivity index (χ0v) is 13.4. The Bertz CT molecular complexity index is 571. The summed E-state index contributed by atoms with van der Waals surface area (Å²) in [6.45, 7) is 3.76. The van der Waals surface area contributed by atoms with E-state index in [9.17, 15) is 27.9 Å². The van der Waals surface area contributed by atoms with Crippen molar-refractivity contribution < 1.29 is 27.9 Å². The van der Waals surface area contributed by atoms with Gasteiger partial charge in [0.25, 0.3) is 0 Å². The molecule has 1 unspecified atom stereocenters. The number of carboxylic acids is 1. The fourth-order valence-corrected chi connectivity index (χ4v) is 2.16. The van der Waals surface area contributed by atoms with Gasteiger partial charge >= 0.3 is 12.1 Å². The molecule has 0 aliphatic carbocycles. The maximum atomic E-state index is 12.5. The number of nitrogens with two attached hydrogens (primary N) is 1. The second-order valence-corrected chi connectivity index (χ2v) is 6.03. The van der Waals surface area contributed by atoms with Crippen LogP contribution in [0.2, 0.25) is 0 Å². The number of hydrogen-bond acceptors (Lipinski definition) is 3. The van der Waals surface area contributed by atoms with E-state index in [1.54, 1.807) is 0 Å². The van der Waals surface area contributed by atoms with E-state index < -0.39 is 35.7 Å². The monoisotopic (exact) mass is 346 g/mol. The van der Waals surface area contributed by atoms with Crippen LogP contribution in [-0.2, 0) is 22.2 Å². The average molecular weight is 346 g/mol. The summed E-state index contributed by atoms with van der Waals surface area (Å²) >= 11 is 0. The molecule has 0 radical (unpaired) electrons. The number of benzene rings is 1. The number of carbonyl (C=O) groups is 2. The molecule has 0 saturated heterocycles. The van der Waals surface area contributed by atoms with E-state index >= 15 is 0 Å². The summed E-state index contributed by atoms with van der Waals surface area (Å²) in [4.78, 5) is 23.2. The molecule has 134 valence electrons. The molecule has 0 spiro atoms. The second-order valence-electron chi connectivity index (χ2n) is 6.03. The third kappa shape index (κ3) is 6.19. The number of alkyl halides is 3. The van der Waals surface area contributed by atoms with Crippen LogP contribution in [0.15, 0.2) is 24.3 Å². The molecule has 0 bridgehead atoms. The molecule has 1 rings (SSSR count). The van der Waals surface area contributed by atoms with Crippen LogP contribution in [0.25, 0.3) is 0 Å². The van der Waals surface area contributed by atoms with E-state index in [0.29, 0.717) is 12.0 Å². The number of halogens is 3. The minimum atomic E-state index is -4.46. The molecule has 0 aromatic heterocycles. The molecule has 0 fully saturated rings. The van der Waals surface area contributed by atoms with E-state index in [2.05, 4.69) is 5.32 Å². The van der Waals surface area contributed by atoms with Crippen molar-refractivity contribution in [2.24, 2.45) is 11.7 Å². The Morgan fingerprint density at radius 1 is 1.21 bits per heavy atom. The van der Waals surface area contributed by atoms with Crippen LogP contribution >= 0.6 is 0 Å². The first-order valence-corrected chi connectivity index (χ1v) is 7.45. The van der Waals surface area contributed by atoms with E-state index in [1.807, 2.05) is 13.8 Å². The van der Waals surface area contributed by atoms with E-state index in [1.165, 1.54) is 12.1 Å². The van der Waals surface area contributed by atoms with Crippen LogP contribution in [-0.4, -0.2) is 29.1 Å². The minimum Gasteiger partial charge on any atom is -0.480 e. The van der Waals surface area contributed by atoms with Gasteiger partial charge in [0, 0.05) is 6.42 Å². The van der Waals surface area contributed by atoms with Crippen molar-refractivity contribution in [2.45, 2.75) is 44.9 Å². The fraction of sp³-hybridized carbons (Fsp3) is 0.500. The highest BCUT2D eigenvalue weighted by molar-refractivity contribution is 5.86. The quantitative estimate of drug-likeness (QED) is 0.706. The van der Waals surface area contributed by atoms with Gasteiger partial charge in [0.1, 0.15) is 6.04 Å². The molecular weight excluding hydrogens is 325 g/mol. The number of aliphatic carboxylic acids is 1. The maximum Gasteiger partial charge on any atom is 0.416 e. The van der Waals surface area contributed by atoms with E-state index in [4.69, 9.17) is 5.73 Å². The van der Waals surface area contributed by atoms with Crippen molar-refractivity contribution in [1.82, 2.24) is 5.32 Å². The first-order valence-electron chi connectivity index (χ1n) is 7.45. The molecular formula is C16H21F3N2O3. The second kappa shape index (κ2) is 8.14. The van der Waals surface area contributed by atoms with Gasteiger partial charge in [0.2, 0.25) is 5.91 Å². The smallest absolute Gasteiger partial charge is 0.416 e. The molecule has 24 heavy (non-hydrogen) atoms. The van der Waals surface area contributed by atoms with Crippen LogP contribution in [0.1, 0.15) is 31.4 Å². The molecule has 0 saturated carbocycles. The molecule has 0 aliphatic rings. The topological polar surface area (TPSA) is 92.4 Å². The number of rotatable bonds is 7.